The summed E-state index contributed by atoms with van der Waals surface area (Å²) in [5.41, 5.74) is 0.902. The van der Waals surface area contributed by atoms with E-state index in [1.807, 2.05) is 10.9 Å². The van der Waals surface area contributed by atoms with Crippen LogP contribution in [0.2, 0.25) is 0 Å². The van der Waals surface area contributed by atoms with Crippen LogP contribution < -0.4 is 0 Å². The maximum atomic E-state index is 9.68. The zero-order chi connectivity index (χ0) is 10.2. The number of nitrogens with zero attached hydrogens (tertiary/aromatic N) is 2. The van der Waals surface area contributed by atoms with E-state index in [9.17, 15) is 5.11 Å². The molecule has 1 aromatic heterocycles. The van der Waals surface area contributed by atoms with Gasteiger partial charge in [0.1, 0.15) is 0 Å². The molecule has 1 fully saturated rings. The van der Waals surface area contributed by atoms with E-state index in [0.29, 0.717) is 6.04 Å². The average molecular weight is 194 g/mol. The third-order valence-electron chi connectivity index (χ3n) is 2.89. The standard InChI is InChI=1S/C11H18N2O/c1-9(2)13-8-10(7-12-13)3-4-11(14)5-6-11/h7-9,14H,3-6H2,1-2H3. The minimum atomic E-state index is -0.333. The molecule has 1 saturated carbocycles. The zero-order valence-electron chi connectivity index (χ0n) is 8.90. The van der Waals surface area contributed by atoms with Crippen LogP contribution in [0.5, 0.6) is 0 Å². The van der Waals surface area contributed by atoms with Crippen LogP contribution in [0.1, 0.15) is 44.7 Å². The Balaban J connectivity index is 1.90. The fraction of sp³-hybridized carbons (Fsp3) is 0.727. The van der Waals surface area contributed by atoms with Crippen LogP contribution in [-0.4, -0.2) is 20.5 Å². The molecule has 0 spiro atoms. The summed E-state index contributed by atoms with van der Waals surface area (Å²) in [5, 5.41) is 14.0. The summed E-state index contributed by atoms with van der Waals surface area (Å²) >= 11 is 0. The normalized spacial score (nSPS) is 18.9. The SMILES string of the molecule is CC(C)n1cc(CCC2(O)CC2)cn1. The maximum absolute atomic E-state index is 9.68. The van der Waals surface area contributed by atoms with E-state index < -0.39 is 0 Å². The molecule has 1 aliphatic carbocycles. The highest BCUT2D eigenvalue weighted by Crippen LogP contribution is 2.39. The molecule has 0 unspecified atom stereocenters. The van der Waals surface area contributed by atoms with Gasteiger partial charge in [0.25, 0.3) is 0 Å². The van der Waals surface area contributed by atoms with Crippen LogP contribution in [0, 0.1) is 0 Å². The molecule has 0 aromatic carbocycles. The Hall–Kier alpha value is -0.830. The fourth-order valence-electron chi connectivity index (χ4n) is 1.56. The molecule has 1 aliphatic rings. The molecule has 1 N–H and O–H groups in total. The third kappa shape index (κ3) is 2.15. The molecule has 0 aliphatic heterocycles. The van der Waals surface area contributed by atoms with Gasteiger partial charge in [-0.1, -0.05) is 0 Å². The largest absolute Gasteiger partial charge is 0.390 e. The second-order valence-corrected chi connectivity index (χ2v) is 4.65. The maximum Gasteiger partial charge on any atom is 0.0653 e. The van der Waals surface area contributed by atoms with E-state index in [1.165, 1.54) is 5.56 Å². The predicted octanol–water partition coefficient (Wildman–Crippen LogP) is 1.92. The lowest BCUT2D eigenvalue weighted by atomic mass is 10.1. The molecule has 1 heterocycles. The highest BCUT2D eigenvalue weighted by molar-refractivity contribution is 5.07. The lowest BCUT2D eigenvalue weighted by Gasteiger charge is -2.05. The van der Waals surface area contributed by atoms with Crippen molar-refractivity contribution >= 4 is 0 Å². The quantitative estimate of drug-likeness (QED) is 0.795. The van der Waals surface area contributed by atoms with Crippen LogP contribution in [0.15, 0.2) is 12.4 Å². The summed E-state index contributed by atoms with van der Waals surface area (Å²) in [7, 11) is 0. The van der Waals surface area contributed by atoms with Gasteiger partial charge in [-0.15, -0.1) is 0 Å². The van der Waals surface area contributed by atoms with Crippen molar-refractivity contribution in [1.29, 1.82) is 0 Å². The first kappa shape index (κ1) is 9.71. The number of hydrogen-bond donors (Lipinski definition) is 1. The summed E-state index contributed by atoms with van der Waals surface area (Å²) in [5.74, 6) is 0. The first-order chi connectivity index (χ1) is 6.59. The summed E-state index contributed by atoms with van der Waals surface area (Å²) in [4.78, 5) is 0. The monoisotopic (exact) mass is 194 g/mol. The molecule has 1 aromatic rings. The minimum absolute atomic E-state index is 0.333. The van der Waals surface area contributed by atoms with E-state index in [1.54, 1.807) is 0 Å². The molecule has 3 heteroatoms. The summed E-state index contributed by atoms with van der Waals surface area (Å²) < 4.78 is 1.96. The Morgan fingerprint density at radius 1 is 1.57 bits per heavy atom. The summed E-state index contributed by atoms with van der Waals surface area (Å²) in [6.07, 6.45) is 7.78. The van der Waals surface area contributed by atoms with E-state index >= 15 is 0 Å². The van der Waals surface area contributed by atoms with Gasteiger partial charge in [-0.2, -0.15) is 5.10 Å². The topological polar surface area (TPSA) is 38.0 Å². The van der Waals surface area contributed by atoms with Crippen molar-refractivity contribution in [2.24, 2.45) is 0 Å². The van der Waals surface area contributed by atoms with Crippen molar-refractivity contribution in [2.45, 2.75) is 51.2 Å². The second-order valence-electron chi connectivity index (χ2n) is 4.65. The van der Waals surface area contributed by atoms with Crippen molar-refractivity contribution in [3.63, 3.8) is 0 Å². The number of hydrogen-bond acceptors (Lipinski definition) is 2. The lowest BCUT2D eigenvalue weighted by Crippen LogP contribution is -2.07. The van der Waals surface area contributed by atoms with Gasteiger partial charge in [-0.25, -0.2) is 0 Å². The van der Waals surface area contributed by atoms with Crippen molar-refractivity contribution in [1.82, 2.24) is 9.78 Å². The highest BCUT2D eigenvalue weighted by Gasteiger charge is 2.39. The van der Waals surface area contributed by atoms with Gasteiger partial charge in [0.05, 0.1) is 11.8 Å². The highest BCUT2D eigenvalue weighted by atomic mass is 16.3. The van der Waals surface area contributed by atoms with Gasteiger partial charge < -0.3 is 5.11 Å². The van der Waals surface area contributed by atoms with Crippen molar-refractivity contribution in [3.8, 4) is 0 Å². The molecular formula is C11H18N2O. The molecular weight excluding hydrogens is 176 g/mol. The Morgan fingerprint density at radius 3 is 2.79 bits per heavy atom. The Morgan fingerprint density at radius 2 is 2.29 bits per heavy atom. The Bertz CT molecular complexity index is 313. The van der Waals surface area contributed by atoms with E-state index in [-0.39, 0.29) is 5.60 Å². The van der Waals surface area contributed by atoms with E-state index in [0.717, 1.165) is 25.7 Å². The molecule has 14 heavy (non-hydrogen) atoms. The van der Waals surface area contributed by atoms with Crippen LogP contribution in [0.25, 0.3) is 0 Å². The van der Waals surface area contributed by atoms with Gasteiger partial charge in [0, 0.05) is 12.2 Å². The third-order valence-corrected chi connectivity index (χ3v) is 2.89. The van der Waals surface area contributed by atoms with Crippen molar-refractivity contribution in [3.05, 3.63) is 18.0 Å². The molecule has 0 radical (unpaired) electrons. The average Bonchev–Trinajstić information content (AvgIpc) is 2.68. The number of aryl methyl sites for hydroxylation is 1. The zero-order valence-corrected chi connectivity index (χ0v) is 8.90. The molecule has 78 valence electrons. The van der Waals surface area contributed by atoms with Gasteiger partial charge in [-0.3, -0.25) is 4.68 Å². The van der Waals surface area contributed by atoms with Crippen LogP contribution in [0.3, 0.4) is 0 Å². The van der Waals surface area contributed by atoms with Crippen LogP contribution in [0.4, 0.5) is 0 Å². The molecule has 0 saturated heterocycles. The fourth-order valence-corrected chi connectivity index (χ4v) is 1.56. The van der Waals surface area contributed by atoms with Crippen LogP contribution in [-0.2, 0) is 6.42 Å². The molecule has 0 atom stereocenters. The summed E-state index contributed by atoms with van der Waals surface area (Å²) in [6, 6.07) is 0.424. The van der Waals surface area contributed by atoms with E-state index in [4.69, 9.17) is 0 Å². The molecule has 3 nitrogen and oxygen atoms in total. The Labute approximate surface area is 84.7 Å². The smallest absolute Gasteiger partial charge is 0.0653 e. The van der Waals surface area contributed by atoms with Crippen molar-refractivity contribution in [2.75, 3.05) is 0 Å². The van der Waals surface area contributed by atoms with Gasteiger partial charge in [0.2, 0.25) is 0 Å². The first-order valence-corrected chi connectivity index (χ1v) is 5.34. The second kappa shape index (κ2) is 3.39. The number of aliphatic hydroxyl groups is 1. The summed E-state index contributed by atoms with van der Waals surface area (Å²) in [6.45, 7) is 4.23. The van der Waals surface area contributed by atoms with Gasteiger partial charge in [-0.05, 0) is 45.1 Å². The molecule has 0 bridgehead atoms. The first-order valence-electron chi connectivity index (χ1n) is 5.34. The molecule has 0 amide bonds. The minimum Gasteiger partial charge on any atom is -0.390 e. The van der Waals surface area contributed by atoms with E-state index in [2.05, 4.69) is 25.1 Å². The van der Waals surface area contributed by atoms with Gasteiger partial charge in [0.15, 0.2) is 0 Å². The number of aromatic nitrogens is 2. The molecule has 2 rings (SSSR count). The van der Waals surface area contributed by atoms with Crippen LogP contribution >= 0.6 is 0 Å². The predicted molar refractivity (Wildman–Crippen MR) is 55.1 cm³/mol. The van der Waals surface area contributed by atoms with Crippen molar-refractivity contribution < 1.29 is 5.11 Å². The lowest BCUT2D eigenvalue weighted by molar-refractivity contribution is 0.140. The number of rotatable bonds is 4. The Kier molecular flexibility index (Phi) is 2.35. The van der Waals surface area contributed by atoms with Gasteiger partial charge >= 0.3 is 0 Å².